The third kappa shape index (κ3) is 6.47. The monoisotopic (exact) mass is 301 g/mol. The lowest BCUT2D eigenvalue weighted by molar-refractivity contribution is 0.271. The second-order valence-corrected chi connectivity index (χ2v) is 5.08. The van der Waals surface area contributed by atoms with Crippen molar-refractivity contribution in [1.29, 1.82) is 10.5 Å². The van der Waals surface area contributed by atoms with Gasteiger partial charge in [0.2, 0.25) is 0 Å². The van der Waals surface area contributed by atoms with Crippen molar-refractivity contribution < 1.29 is 9.84 Å². The molecule has 0 heterocycles. The van der Waals surface area contributed by atoms with Crippen LogP contribution in [0.5, 0.6) is 11.5 Å². The number of phenols is 1. The first kappa shape index (κ1) is 17.8. The summed E-state index contributed by atoms with van der Waals surface area (Å²) in [6.07, 6.45) is 2.87. The minimum absolute atomic E-state index is 0.210. The molecular weight excluding hydrogens is 278 g/mol. The van der Waals surface area contributed by atoms with Gasteiger partial charge in [-0.1, -0.05) is 13.3 Å². The molecule has 5 heteroatoms. The predicted molar refractivity (Wildman–Crippen MR) is 84.2 cm³/mol. The number of nitriles is 2. The first-order valence-corrected chi connectivity index (χ1v) is 7.62. The SMILES string of the molecule is CCCCOc1ccc(O)c(CN(CCC#N)CCC#N)c1. The maximum absolute atomic E-state index is 9.99. The molecule has 1 aromatic rings. The van der Waals surface area contributed by atoms with E-state index in [0.717, 1.165) is 24.2 Å². The van der Waals surface area contributed by atoms with E-state index in [-0.39, 0.29) is 5.75 Å². The number of benzene rings is 1. The zero-order valence-corrected chi connectivity index (χ0v) is 13.1. The van der Waals surface area contributed by atoms with Crippen LogP contribution in [0.1, 0.15) is 38.2 Å². The van der Waals surface area contributed by atoms with Crippen LogP contribution in [0.15, 0.2) is 18.2 Å². The Morgan fingerprint density at radius 2 is 1.86 bits per heavy atom. The molecule has 0 aliphatic heterocycles. The van der Waals surface area contributed by atoms with Crippen molar-refractivity contribution in [3.05, 3.63) is 23.8 Å². The summed E-state index contributed by atoms with van der Waals surface area (Å²) in [6, 6.07) is 9.43. The highest BCUT2D eigenvalue weighted by Crippen LogP contribution is 2.24. The number of hydrogen-bond donors (Lipinski definition) is 1. The summed E-state index contributed by atoms with van der Waals surface area (Å²) in [5, 5.41) is 27.4. The molecule has 1 rings (SSSR count). The Bertz CT molecular complexity index is 514. The number of ether oxygens (including phenoxy) is 1. The van der Waals surface area contributed by atoms with E-state index in [2.05, 4.69) is 19.1 Å². The fourth-order valence-corrected chi connectivity index (χ4v) is 2.04. The summed E-state index contributed by atoms with van der Waals surface area (Å²) in [7, 11) is 0. The zero-order valence-electron chi connectivity index (χ0n) is 13.1. The Morgan fingerprint density at radius 1 is 1.18 bits per heavy atom. The predicted octanol–water partition coefficient (Wildman–Crippen LogP) is 3.20. The highest BCUT2D eigenvalue weighted by Gasteiger charge is 2.10. The number of rotatable bonds is 10. The Kier molecular flexibility index (Phi) is 8.49. The zero-order chi connectivity index (χ0) is 16.2. The molecule has 0 unspecified atom stereocenters. The van der Waals surface area contributed by atoms with Gasteiger partial charge < -0.3 is 9.84 Å². The highest BCUT2D eigenvalue weighted by atomic mass is 16.5. The molecule has 0 radical (unpaired) electrons. The van der Waals surface area contributed by atoms with Crippen LogP contribution in [-0.4, -0.2) is 29.7 Å². The molecular formula is C17H23N3O2. The topological polar surface area (TPSA) is 80.3 Å². The van der Waals surface area contributed by atoms with E-state index >= 15 is 0 Å². The lowest BCUT2D eigenvalue weighted by Crippen LogP contribution is -2.25. The Balaban J connectivity index is 2.72. The van der Waals surface area contributed by atoms with Crippen molar-refractivity contribution in [3.8, 4) is 23.6 Å². The van der Waals surface area contributed by atoms with Crippen molar-refractivity contribution in [2.75, 3.05) is 19.7 Å². The maximum atomic E-state index is 9.99. The third-order valence-corrected chi connectivity index (χ3v) is 3.29. The third-order valence-electron chi connectivity index (χ3n) is 3.29. The minimum atomic E-state index is 0.210. The molecule has 0 aliphatic carbocycles. The summed E-state index contributed by atoms with van der Waals surface area (Å²) in [6.45, 7) is 4.43. The molecule has 0 spiro atoms. The molecule has 1 aromatic carbocycles. The van der Waals surface area contributed by atoms with Crippen molar-refractivity contribution in [3.63, 3.8) is 0 Å². The molecule has 0 atom stereocenters. The summed E-state index contributed by atoms with van der Waals surface area (Å²) in [5.41, 5.74) is 0.755. The largest absolute Gasteiger partial charge is 0.508 e. The second kappa shape index (κ2) is 10.5. The first-order valence-electron chi connectivity index (χ1n) is 7.62. The lowest BCUT2D eigenvalue weighted by atomic mass is 10.1. The molecule has 0 saturated carbocycles. The van der Waals surface area contributed by atoms with Crippen LogP contribution in [0.3, 0.4) is 0 Å². The van der Waals surface area contributed by atoms with Crippen LogP contribution in [0.4, 0.5) is 0 Å². The van der Waals surface area contributed by atoms with Crippen LogP contribution in [0.25, 0.3) is 0 Å². The highest BCUT2D eigenvalue weighted by molar-refractivity contribution is 5.39. The molecule has 0 fully saturated rings. The van der Waals surface area contributed by atoms with Gasteiger partial charge in [0, 0.05) is 38.0 Å². The van der Waals surface area contributed by atoms with Crippen molar-refractivity contribution in [2.45, 2.75) is 39.2 Å². The smallest absolute Gasteiger partial charge is 0.120 e. The molecule has 22 heavy (non-hydrogen) atoms. The molecule has 118 valence electrons. The Labute approximate surface area is 132 Å². The average Bonchev–Trinajstić information content (AvgIpc) is 2.53. The number of aromatic hydroxyl groups is 1. The molecule has 0 amide bonds. The summed E-state index contributed by atoms with van der Waals surface area (Å²) in [5.74, 6) is 0.948. The van der Waals surface area contributed by atoms with E-state index in [9.17, 15) is 5.11 Å². The van der Waals surface area contributed by atoms with E-state index in [1.54, 1.807) is 12.1 Å². The normalized spacial score (nSPS) is 10.2. The van der Waals surface area contributed by atoms with Crippen LogP contribution < -0.4 is 4.74 Å². The molecule has 0 aromatic heterocycles. The minimum Gasteiger partial charge on any atom is -0.508 e. The molecule has 1 N–H and O–H groups in total. The van der Waals surface area contributed by atoms with Crippen LogP contribution >= 0.6 is 0 Å². The molecule has 0 aliphatic rings. The molecule has 0 saturated heterocycles. The number of hydrogen-bond acceptors (Lipinski definition) is 5. The van der Waals surface area contributed by atoms with Gasteiger partial charge in [-0.25, -0.2) is 0 Å². The van der Waals surface area contributed by atoms with Crippen LogP contribution in [-0.2, 0) is 6.54 Å². The van der Waals surface area contributed by atoms with E-state index in [1.807, 2.05) is 11.0 Å². The number of phenolic OH excluding ortho intramolecular Hbond substituents is 1. The van der Waals surface area contributed by atoms with Gasteiger partial charge >= 0.3 is 0 Å². The molecule has 5 nitrogen and oxygen atoms in total. The number of nitrogens with zero attached hydrogens (tertiary/aromatic N) is 3. The van der Waals surface area contributed by atoms with Gasteiger partial charge in [0.05, 0.1) is 18.7 Å². The second-order valence-electron chi connectivity index (χ2n) is 5.08. The van der Waals surface area contributed by atoms with Crippen molar-refractivity contribution in [2.24, 2.45) is 0 Å². The fourth-order valence-electron chi connectivity index (χ4n) is 2.04. The Hall–Kier alpha value is -2.24. The van der Waals surface area contributed by atoms with Crippen LogP contribution in [0, 0.1) is 22.7 Å². The van der Waals surface area contributed by atoms with Gasteiger partial charge in [0.25, 0.3) is 0 Å². The summed E-state index contributed by atoms with van der Waals surface area (Å²) >= 11 is 0. The quantitative estimate of drug-likeness (QED) is 0.671. The fraction of sp³-hybridized carbons (Fsp3) is 0.529. The summed E-state index contributed by atoms with van der Waals surface area (Å²) in [4.78, 5) is 2.00. The van der Waals surface area contributed by atoms with Crippen molar-refractivity contribution >= 4 is 0 Å². The van der Waals surface area contributed by atoms with E-state index in [1.165, 1.54) is 0 Å². The van der Waals surface area contributed by atoms with E-state index < -0.39 is 0 Å². The van der Waals surface area contributed by atoms with E-state index in [0.29, 0.717) is 39.1 Å². The number of unbranched alkanes of at least 4 members (excludes halogenated alkanes) is 1. The summed E-state index contributed by atoms with van der Waals surface area (Å²) < 4.78 is 5.65. The standard InChI is InChI=1S/C17H23N3O2/c1-2-3-12-22-16-6-7-17(21)15(13-16)14-20(10-4-8-18)11-5-9-19/h6-7,13,21H,2-5,10-12,14H2,1H3. The lowest BCUT2D eigenvalue weighted by Gasteiger charge is -2.20. The average molecular weight is 301 g/mol. The van der Waals surface area contributed by atoms with Crippen molar-refractivity contribution in [1.82, 2.24) is 4.90 Å². The van der Waals surface area contributed by atoms with Gasteiger partial charge in [-0.2, -0.15) is 10.5 Å². The molecule has 0 bridgehead atoms. The van der Waals surface area contributed by atoms with Gasteiger partial charge in [-0.3, -0.25) is 4.90 Å². The van der Waals surface area contributed by atoms with Gasteiger partial charge in [-0.15, -0.1) is 0 Å². The first-order chi connectivity index (χ1) is 10.7. The van der Waals surface area contributed by atoms with Crippen LogP contribution in [0.2, 0.25) is 0 Å². The van der Waals surface area contributed by atoms with Gasteiger partial charge in [-0.05, 0) is 24.6 Å². The van der Waals surface area contributed by atoms with Gasteiger partial charge in [0.15, 0.2) is 0 Å². The maximum Gasteiger partial charge on any atom is 0.120 e. The Morgan fingerprint density at radius 3 is 2.45 bits per heavy atom. The van der Waals surface area contributed by atoms with E-state index in [4.69, 9.17) is 15.3 Å². The van der Waals surface area contributed by atoms with Gasteiger partial charge in [0.1, 0.15) is 11.5 Å².